The van der Waals surface area contributed by atoms with E-state index in [4.69, 9.17) is 0 Å². The van der Waals surface area contributed by atoms with Crippen LogP contribution in [0.3, 0.4) is 0 Å². The Kier molecular flexibility index (Phi) is 3.09. The van der Waals surface area contributed by atoms with Crippen molar-refractivity contribution in [3.05, 3.63) is 63.9 Å². The van der Waals surface area contributed by atoms with Crippen molar-refractivity contribution in [1.82, 2.24) is 4.98 Å². The Balaban J connectivity index is 1.92. The molecule has 0 bridgehead atoms. The summed E-state index contributed by atoms with van der Waals surface area (Å²) in [5.74, 6) is 0. The van der Waals surface area contributed by atoms with E-state index in [-0.39, 0.29) is 20.4 Å². The molecule has 0 aliphatic carbocycles. The van der Waals surface area contributed by atoms with Gasteiger partial charge in [-0.2, -0.15) is 0 Å². The summed E-state index contributed by atoms with van der Waals surface area (Å²) in [5.41, 5.74) is 2.40. The van der Waals surface area contributed by atoms with Gasteiger partial charge < -0.3 is 0 Å². The fourth-order valence-corrected chi connectivity index (χ4v) is 4.18. The molecule has 0 fully saturated rings. The van der Waals surface area contributed by atoms with Gasteiger partial charge in [-0.05, 0) is 0 Å². The summed E-state index contributed by atoms with van der Waals surface area (Å²) in [6.45, 7) is 0. The molecule has 0 amide bonds. The molecule has 0 saturated heterocycles. The third-order valence-corrected chi connectivity index (χ3v) is 5.39. The molecule has 2 heteroatoms. The van der Waals surface area contributed by atoms with Crippen LogP contribution in [0.4, 0.5) is 0 Å². The second kappa shape index (κ2) is 4.87. The first-order valence-electron chi connectivity index (χ1n) is 5.50. The predicted molar refractivity (Wildman–Crippen MR) is 74.1 cm³/mol. The van der Waals surface area contributed by atoms with Crippen molar-refractivity contribution in [2.75, 3.05) is 0 Å². The van der Waals surface area contributed by atoms with Gasteiger partial charge in [-0.3, -0.25) is 0 Å². The van der Waals surface area contributed by atoms with Gasteiger partial charge in [-0.1, -0.05) is 0 Å². The average Bonchev–Trinajstić information content (AvgIpc) is 2.80. The SMILES string of the molecule is C(=Cc1nc2ccccc2[te]1)c1ccccc1. The normalized spacial score (nSPS) is 11.3. The van der Waals surface area contributed by atoms with Crippen molar-refractivity contribution < 1.29 is 0 Å². The van der Waals surface area contributed by atoms with Crippen molar-refractivity contribution >= 4 is 41.5 Å². The summed E-state index contributed by atoms with van der Waals surface area (Å²) in [6.07, 6.45) is 4.31. The summed E-state index contributed by atoms with van der Waals surface area (Å²) in [6, 6.07) is 18.8. The van der Waals surface area contributed by atoms with E-state index in [2.05, 4.69) is 65.7 Å². The molecule has 0 N–H and O–H groups in total. The number of aromatic nitrogens is 1. The van der Waals surface area contributed by atoms with Crippen LogP contribution in [0.1, 0.15) is 9.27 Å². The first-order chi connectivity index (χ1) is 8.42. The molecule has 3 rings (SSSR count). The van der Waals surface area contributed by atoms with Crippen molar-refractivity contribution in [1.29, 1.82) is 0 Å². The summed E-state index contributed by atoms with van der Waals surface area (Å²) >= 11 is -0.264. The van der Waals surface area contributed by atoms with Crippen LogP contribution in [-0.4, -0.2) is 25.4 Å². The van der Waals surface area contributed by atoms with Crippen LogP contribution in [-0.2, 0) is 0 Å². The molecule has 17 heavy (non-hydrogen) atoms. The first-order valence-corrected chi connectivity index (χ1v) is 7.83. The number of rotatable bonds is 2. The molecule has 0 atom stereocenters. The predicted octanol–water partition coefficient (Wildman–Crippen LogP) is 3.46. The fraction of sp³-hybridized carbons (Fsp3) is 0. The molecule has 0 radical (unpaired) electrons. The molecular weight excluding hydrogens is 322 g/mol. The molecule has 2 aromatic carbocycles. The van der Waals surface area contributed by atoms with Gasteiger partial charge in [0.25, 0.3) is 0 Å². The van der Waals surface area contributed by atoms with Gasteiger partial charge in [0.1, 0.15) is 0 Å². The molecule has 1 heterocycles. The van der Waals surface area contributed by atoms with Gasteiger partial charge in [0, 0.05) is 0 Å². The average molecular weight is 333 g/mol. The van der Waals surface area contributed by atoms with Crippen LogP contribution in [0.2, 0.25) is 0 Å². The molecule has 3 aromatic rings. The van der Waals surface area contributed by atoms with E-state index in [1.807, 2.05) is 6.07 Å². The van der Waals surface area contributed by atoms with Gasteiger partial charge in [-0.15, -0.1) is 0 Å². The molecule has 0 unspecified atom stereocenters. The van der Waals surface area contributed by atoms with Gasteiger partial charge in [0.2, 0.25) is 0 Å². The van der Waals surface area contributed by atoms with Crippen LogP contribution in [0, 0.1) is 0 Å². The van der Waals surface area contributed by atoms with Crippen molar-refractivity contribution in [3.63, 3.8) is 0 Å². The third-order valence-electron chi connectivity index (χ3n) is 2.53. The van der Waals surface area contributed by atoms with E-state index in [9.17, 15) is 0 Å². The van der Waals surface area contributed by atoms with E-state index in [1.165, 1.54) is 18.2 Å². The van der Waals surface area contributed by atoms with Crippen molar-refractivity contribution in [2.45, 2.75) is 0 Å². The van der Waals surface area contributed by atoms with Crippen LogP contribution >= 0.6 is 0 Å². The standard InChI is InChI=1S/C15H11NTe/c1-2-6-12(7-3-1)10-11-15-16-13-8-4-5-9-14(13)17-15/h1-11H. The Morgan fingerprint density at radius 2 is 1.59 bits per heavy atom. The molecular formula is C15H11NTe. The Labute approximate surface area is 110 Å². The van der Waals surface area contributed by atoms with Crippen molar-refractivity contribution in [2.24, 2.45) is 0 Å². The van der Waals surface area contributed by atoms with Gasteiger partial charge in [0.05, 0.1) is 0 Å². The minimum atomic E-state index is -0.264. The Morgan fingerprint density at radius 3 is 2.41 bits per heavy atom. The first kappa shape index (κ1) is 10.8. The van der Waals surface area contributed by atoms with Gasteiger partial charge >= 0.3 is 110 Å². The number of hydrogen-bond donors (Lipinski definition) is 0. The summed E-state index contributed by atoms with van der Waals surface area (Å²) in [7, 11) is 0. The Bertz CT molecular complexity index is 620. The van der Waals surface area contributed by atoms with E-state index < -0.39 is 0 Å². The zero-order valence-corrected chi connectivity index (χ0v) is 11.5. The fourth-order valence-electron chi connectivity index (χ4n) is 1.69. The third kappa shape index (κ3) is 2.49. The zero-order valence-electron chi connectivity index (χ0n) is 9.21. The number of para-hydroxylation sites is 1. The Hall–Kier alpha value is -1.36. The molecule has 0 aliphatic rings. The summed E-state index contributed by atoms with van der Waals surface area (Å²) in [5, 5.41) is 0. The number of benzene rings is 2. The van der Waals surface area contributed by atoms with Crippen LogP contribution < -0.4 is 0 Å². The zero-order chi connectivity index (χ0) is 11.5. The number of fused-ring (bicyclic) bond motifs is 1. The summed E-state index contributed by atoms with van der Waals surface area (Å²) in [4.78, 5) is 4.65. The topological polar surface area (TPSA) is 12.9 Å². The van der Waals surface area contributed by atoms with E-state index in [0.29, 0.717) is 0 Å². The molecule has 0 aliphatic heterocycles. The number of nitrogens with zero attached hydrogens (tertiary/aromatic N) is 1. The monoisotopic (exact) mass is 335 g/mol. The van der Waals surface area contributed by atoms with Crippen LogP contribution in [0.15, 0.2) is 54.6 Å². The molecule has 0 spiro atoms. The molecule has 1 nitrogen and oxygen atoms in total. The van der Waals surface area contributed by atoms with E-state index >= 15 is 0 Å². The minimum absolute atomic E-state index is 0.264. The van der Waals surface area contributed by atoms with Gasteiger partial charge in [0.15, 0.2) is 0 Å². The molecule has 1 aromatic heterocycles. The maximum atomic E-state index is 4.65. The quantitative estimate of drug-likeness (QED) is 0.655. The second-order valence-corrected chi connectivity index (χ2v) is 6.80. The molecule has 0 saturated carbocycles. The molecule has 82 valence electrons. The van der Waals surface area contributed by atoms with Crippen LogP contribution in [0.5, 0.6) is 0 Å². The van der Waals surface area contributed by atoms with Gasteiger partial charge in [-0.25, -0.2) is 0 Å². The maximum absolute atomic E-state index is 4.65. The van der Waals surface area contributed by atoms with Crippen LogP contribution in [0.25, 0.3) is 21.1 Å². The van der Waals surface area contributed by atoms with E-state index in [0.717, 1.165) is 0 Å². The second-order valence-electron chi connectivity index (χ2n) is 3.76. The van der Waals surface area contributed by atoms with E-state index in [1.54, 1.807) is 0 Å². The summed E-state index contributed by atoms with van der Waals surface area (Å²) < 4.78 is 2.71. The Morgan fingerprint density at radius 1 is 0.824 bits per heavy atom. The number of hydrogen-bond acceptors (Lipinski definition) is 1. The van der Waals surface area contributed by atoms with Crippen molar-refractivity contribution in [3.8, 4) is 0 Å².